The van der Waals surface area contributed by atoms with Crippen LogP contribution in [0.3, 0.4) is 0 Å². The zero-order valence-corrected chi connectivity index (χ0v) is 10.0. The molecule has 0 spiro atoms. The molecule has 3 nitrogen and oxygen atoms in total. The number of hydrogen-bond donors (Lipinski definition) is 1. The highest BCUT2D eigenvalue weighted by Crippen LogP contribution is 2.08. The van der Waals surface area contributed by atoms with Gasteiger partial charge in [0.15, 0.2) is 0 Å². The molecule has 0 radical (unpaired) electrons. The van der Waals surface area contributed by atoms with Crippen LogP contribution in [0.25, 0.3) is 0 Å². The first kappa shape index (κ1) is 15.9. The van der Waals surface area contributed by atoms with Gasteiger partial charge in [0.2, 0.25) is 0 Å². The van der Waals surface area contributed by atoms with Crippen molar-refractivity contribution in [1.82, 2.24) is 0 Å². The molecule has 0 aliphatic rings. The average molecular weight is 220 g/mol. The first-order valence-electron chi connectivity index (χ1n) is 4.79. The highest BCUT2D eigenvalue weighted by Gasteiger charge is 2.01. The maximum Gasteiger partial charge on any atom is 0.302 e. The molecule has 0 saturated carbocycles. The molecule has 4 heteroatoms. The minimum absolute atomic E-state index is 0.206. The number of ether oxygens (including phenoxy) is 1. The van der Waals surface area contributed by atoms with Gasteiger partial charge in [-0.15, -0.1) is 0 Å². The first-order valence-corrected chi connectivity index (χ1v) is 5.31. The molecule has 0 aromatic heterocycles. The van der Waals surface area contributed by atoms with Crippen LogP contribution in [-0.4, -0.2) is 24.1 Å². The molecule has 1 atom stereocenters. The van der Waals surface area contributed by atoms with Crippen LogP contribution in [0.4, 0.5) is 0 Å². The van der Waals surface area contributed by atoms with Gasteiger partial charge in [0.25, 0.3) is 0 Å². The molecule has 84 valence electrons. The largest absolute Gasteiger partial charge is 0.466 e. The number of thiol groups is 1. The van der Waals surface area contributed by atoms with Crippen LogP contribution in [-0.2, 0) is 14.3 Å². The Hall–Kier alpha value is -0.510. The maximum atomic E-state index is 10.3. The van der Waals surface area contributed by atoms with Crippen molar-refractivity contribution in [3.8, 4) is 0 Å². The second-order valence-electron chi connectivity index (χ2n) is 2.81. The number of hydrogen-bond acceptors (Lipinski definition) is 4. The standard InChI is InChI=1S/C8H16O2S.C2H4O/c1-3-4-8(11)5-6-10-7(2)9;1-2-3/h8,11H,3-6H2,1-2H3;2H,1H3. The van der Waals surface area contributed by atoms with Crippen LogP contribution in [0.2, 0.25) is 0 Å². The van der Waals surface area contributed by atoms with E-state index in [1.165, 1.54) is 13.8 Å². The summed E-state index contributed by atoms with van der Waals surface area (Å²) in [5, 5.41) is 0.374. The Morgan fingerprint density at radius 2 is 2.00 bits per heavy atom. The van der Waals surface area contributed by atoms with E-state index in [4.69, 9.17) is 9.53 Å². The van der Waals surface area contributed by atoms with Crippen LogP contribution in [0, 0.1) is 0 Å². The van der Waals surface area contributed by atoms with E-state index < -0.39 is 0 Å². The molecule has 0 bridgehead atoms. The van der Waals surface area contributed by atoms with Gasteiger partial charge < -0.3 is 9.53 Å². The molecule has 0 rings (SSSR count). The number of aldehydes is 1. The molecular weight excluding hydrogens is 200 g/mol. The summed E-state index contributed by atoms with van der Waals surface area (Å²) >= 11 is 4.32. The Labute approximate surface area is 91.6 Å². The summed E-state index contributed by atoms with van der Waals surface area (Å²) in [7, 11) is 0. The molecule has 0 fully saturated rings. The molecule has 0 heterocycles. The Morgan fingerprint density at radius 1 is 1.50 bits per heavy atom. The third-order valence-electron chi connectivity index (χ3n) is 1.38. The molecule has 0 aromatic rings. The van der Waals surface area contributed by atoms with Crippen molar-refractivity contribution < 1.29 is 14.3 Å². The fraction of sp³-hybridized carbons (Fsp3) is 0.800. The topological polar surface area (TPSA) is 43.4 Å². The smallest absolute Gasteiger partial charge is 0.302 e. The molecule has 0 aliphatic heterocycles. The van der Waals surface area contributed by atoms with Crippen LogP contribution in [0.5, 0.6) is 0 Å². The number of rotatable bonds is 5. The second kappa shape index (κ2) is 12.5. The van der Waals surface area contributed by atoms with Crippen LogP contribution >= 0.6 is 12.6 Å². The van der Waals surface area contributed by atoms with Crippen LogP contribution in [0.15, 0.2) is 0 Å². The molecule has 0 amide bonds. The summed E-state index contributed by atoms with van der Waals surface area (Å²) in [5.74, 6) is -0.206. The molecule has 0 aliphatic carbocycles. The summed E-state index contributed by atoms with van der Waals surface area (Å²) in [4.78, 5) is 19.1. The maximum absolute atomic E-state index is 10.3. The first-order chi connectivity index (χ1) is 6.58. The van der Waals surface area contributed by atoms with E-state index in [0.29, 0.717) is 11.9 Å². The van der Waals surface area contributed by atoms with Gasteiger partial charge >= 0.3 is 5.97 Å². The third kappa shape index (κ3) is 17.5. The zero-order valence-electron chi connectivity index (χ0n) is 9.16. The number of carbonyl (C=O) groups is 2. The van der Waals surface area contributed by atoms with E-state index in [9.17, 15) is 4.79 Å². The lowest BCUT2D eigenvalue weighted by molar-refractivity contribution is -0.141. The second-order valence-corrected chi connectivity index (χ2v) is 3.54. The Morgan fingerprint density at radius 3 is 2.36 bits per heavy atom. The van der Waals surface area contributed by atoms with Crippen molar-refractivity contribution >= 4 is 24.9 Å². The minimum Gasteiger partial charge on any atom is -0.466 e. The SMILES string of the molecule is CC=O.CCCC(S)CCOC(C)=O. The van der Waals surface area contributed by atoms with Gasteiger partial charge in [-0.25, -0.2) is 0 Å². The van der Waals surface area contributed by atoms with E-state index in [-0.39, 0.29) is 5.97 Å². The molecule has 1 unspecified atom stereocenters. The quantitative estimate of drug-likeness (QED) is 0.439. The van der Waals surface area contributed by atoms with Crippen molar-refractivity contribution in [3.05, 3.63) is 0 Å². The van der Waals surface area contributed by atoms with Crippen molar-refractivity contribution in [1.29, 1.82) is 0 Å². The summed E-state index contributed by atoms with van der Waals surface area (Å²) < 4.78 is 4.77. The van der Waals surface area contributed by atoms with Gasteiger partial charge in [-0.05, 0) is 19.8 Å². The lowest BCUT2D eigenvalue weighted by atomic mass is 10.2. The summed E-state index contributed by atoms with van der Waals surface area (Å²) in [6, 6.07) is 0. The van der Waals surface area contributed by atoms with Gasteiger partial charge in [-0.2, -0.15) is 12.6 Å². The van der Waals surface area contributed by atoms with Gasteiger partial charge in [-0.3, -0.25) is 4.79 Å². The van der Waals surface area contributed by atoms with E-state index in [1.54, 1.807) is 0 Å². The van der Waals surface area contributed by atoms with E-state index in [1.807, 2.05) is 0 Å². The third-order valence-corrected chi connectivity index (χ3v) is 1.89. The monoisotopic (exact) mass is 220 g/mol. The van der Waals surface area contributed by atoms with Gasteiger partial charge in [0.1, 0.15) is 6.29 Å². The van der Waals surface area contributed by atoms with E-state index in [2.05, 4.69) is 19.6 Å². The van der Waals surface area contributed by atoms with E-state index >= 15 is 0 Å². The summed E-state index contributed by atoms with van der Waals surface area (Å²) in [5.41, 5.74) is 0. The van der Waals surface area contributed by atoms with Gasteiger partial charge in [0, 0.05) is 12.2 Å². The van der Waals surface area contributed by atoms with Crippen molar-refractivity contribution in [2.45, 2.75) is 45.3 Å². The number of esters is 1. The molecule has 0 saturated heterocycles. The van der Waals surface area contributed by atoms with E-state index in [0.717, 1.165) is 25.5 Å². The molecular formula is C10H20O3S. The molecule has 0 N–H and O–H groups in total. The highest BCUT2D eigenvalue weighted by atomic mass is 32.1. The average Bonchev–Trinajstić information content (AvgIpc) is 2.05. The summed E-state index contributed by atoms with van der Waals surface area (Å²) in [6.45, 7) is 5.49. The predicted molar refractivity (Wildman–Crippen MR) is 60.7 cm³/mol. The summed E-state index contributed by atoms with van der Waals surface area (Å²) in [6.07, 6.45) is 3.83. The lowest BCUT2D eigenvalue weighted by Crippen LogP contribution is -2.07. The van der Waals surface area contributed by atoms with Crippen molar-refractivity contribution in [2.75, 3.05) is 6.61 Å². The predicted octanol–water partition coefficient (Wildman–Crippen LogP) is 2.24. The Bertz CT molecular complexity index is 148. The highest BCUT2D eigenvalue weighted by molar-refractivity contribution is 7.80. The van der Waals surface area contributed by atoms with Crippen LogP contribution < -0.4 is 0 Å². The normalized spacial score (nSPS) is 10.9. The number of carbonyl (C=O) groups excluding carboxylic acids is 2. The lowest BCUT2D eigenvalue weighted by Gasteiger charge is -2.07. The molecule has 14 heavy (non-hydrogen) atoms. The Balaban J connectivity index is 0. The zero-order chi connectivity index (χ0) is 11.4. The minimum atomic E-state index is -0.206. The fourth-order valence-corrected chi connectivity index (χ4v) is 1.18. The van der Waals surface area contributed by atoms with Gasteiger partial charge in [0.05, 0.1) is 6.61 Å². The van der Waals surface area contributed by atoms with Crippen molar-refractivity contribution in [2.24, 2.45) is 0 Å². The molecule has 0 aromatic carbocycles. The van der Waals surface area contributed by atoms with Crippen LogP contribution in [0.1, 0.15) is 40.0 Å². The van der Waals surface area contributed by atoms with Gasteiger partial charge in [-0.1, -0.05) is 13.3 Å². The fourth-order valence-electron chi connectivity index (χ4n) is 0.816. The van der Waals surface area contributed by atoms with Crippen molar-refractivity contribution in [3.63, 3.8) is 0 Å². The Kier molecular flexibility index (Phi) is 14.2.